The van der Waals surface area contributed by atoms with E-state index in [4.69, 9.17) is 0 Å². The van der Waals surface area contributed by atoms with Crippen LogP contribution in [-0.4, -0.2) is 9.38 Å². The van der Waals surface area contributed by atoms with Gasteiger partial charge in [-0.25, -0.2) is 9.37 Å². The SMILES string of the molecule is Fc1cccc(Cc2ncc3ccc(Br)cn23)c1. The number of hydrogen-bond acceptors (Lipinski definition) is 1. The molecular weight excluding hydrogens is 295 g/mol. The van der Waals surface area contributed by atoms with Crippen molar-refractivity contribution in [3.8, 4) is 0 Å². The van der Waals surface area contributed by atoms with Gasteiger partial charge in [0.1, 0.15) is 11.6 Å². The summed E-state index contributed by atoms with van der Waals surface area (Å²) >= 11 is 3.44. The monoisotopic (exact) mass is 304 g/mol. The minimum absolute atomic E-state index is 0.213. The molecule has 0 amide bonds. The maximum atomic E-state index is 13.1. The van der Waals surface area contributed by atoms with E-state index < -0.39 is 0 Å². The fraction of sp³-hybridized carbons (Fsp3) is 0.0714. The van der Waals surface area contributed by atoms with E-state index in [0.29, 0.717) is 6.42 Å². The lowest BCUT2D eigenvalue weighted by atomic mass is 10.1. The molecule has 1 aromatic carbocycles. The van der Waals surface area contributed by atoms with E-state index in [9.17, 15) is 4.39 Å². The quantitative estimate of drug-likeness (QED) is 0.703. The predicted octanol–water partition coefficient (Wildman–Crippen LogP) is 3.83. The highest BCUT2D eigenvalue weighted by Crippen LogP contribution is 2.16. The first kappa shape index (κ1) is 11.4. The van der Waals surface area contributed by atoms with E-state index in [-0.39, 0.29) is 5.82 Å². The van der Waals surface area contributed by atoms with Gasteiger partial charge in [0.2, 0.25) is 0 Å². The number of halogens is 2. The van der Waals surface area contributed by atoms with Crippen LogP contribution in [-0.2, 0) is 6.42 Å². The van der Waals surface area contributed by atoms with Gasteiger partial charge in [-0.2, -0.15) is 0 Å². The van der Waals surface area contributed by atoms with Gasteiger partial charge in [0.25, 0.3) is 0 Å². The van der Waals surface area contributed by atoms with Gasteiger partial charge in [-0.1, -0.05) is 12.1 Å². The van der Waals surface area contributed by atoms with Crippen molar-refractivity contribution in [3.05, 3.63) is 70.5 Å². The zero-order valence-corrected chi connectivity index (χ0v) is 11.1. The molecule has 4 heteroatoms. The molecule has 2 heterocycles. The van der Waals surface area contributed by atoms with Crippen LogP contribution in [0.25, 0.3) is 5.52 Å². The Bertz CT molecular complexity index is 706. The Morgan fingerprint density at radius 3 is 2.94 bits per heavy atom. The normalized spacial score (nSPS) is 11.0. The topological polar surface area (TPSA) is 17.3 Å². The van der Waals surface area contributed by atoms with Crippen LogP contribution >= 0.6 is 15.9 Å². The summed E-state index contributed by atoms with van der Waals surface area (Å²) in [6, 6.07) is 10.6. The van der Waals surface area contributed by atoms with Crippen LogP contribution in [0.5, 0.6) is 0 Å². The molecule has 0 unspecified atom stereocenters. The van der Waals surface area contributed by atoms with Crippen molar-refractivity contribution < 1.29 is 4.39 Å². The summed E-state index contributed by atoms with van der Waals surface area (Å²) in [7, 11) is 0. The van der Waals surface area contributed by atoms with Crippen LogP contribution in [0, 0.1) is 5.82 Å². The summed E-state index contributed by atoms with van der Waals surface area (Å²) in [5.41, 5.74) is 1.95. The number of pyridine rings is 1. The summed E-state index contributed by atoms with van der Waals surface area (Å²) in [6.07, 6.45) is 4.40. The van der Waals surface area contributed by atoms with Crippen molar-refractivity contribution in [1.82, 2.24) is 9.38 Å². The van der Waals surface area contributed by atoms with E-state index in [0.717, 1.165) is 21.4 Å². The number of fused-ring (bicyclic) bond motifs is 1. The molecule has 0 N–H and O–H groups in total. The molecule has 3 rings (SSSR count). The van der Waals surface area contributed by atoms with Crippen LogP contribution in [0.3, 0.4) is 0 Å². The standard InChI is InChI=1S/C14H10BrFN2/c15-11-4-5-13-8-17-14(18(13)9-11)7-10-2-1-3-12(16)6-10/h1-6,8-9H,7H2. The Balaban J connectivity index is 2.02. The summed E-state index contributed by atoms with van der Waals surface area (Å²) in [4.78, 5) is 4.38. The van der Waals surface area contributed by atoms with Gasteiger partial charge in [0, 0.05) is 17.1 Å². The number of nitrogens with zero attached hydrogens (tertiary/aromatic N) is 2. The molecule has 0 fully saturated rings. The van der Waals surface area contributed by atoms with E-state index in [2.05, 4.69) is 20.9 Å². The average molecular weight is 305 g/mol. The molecule has 0 bridgehead atoms. The fourth-order valence-electron chi connectivity index (χ4n) is 1.98. The number of imidazole rings is 1. The first-order valence-electron chi connectivity index (χ1n) is 5.58. The molecule has 2 aromatic heterocycles. The molecule has 18 heavy (non-hydrogen) atoms. The van der Waals surface area contributed by atoms with Gasteiger partial charge in [-0.3, -0.25) is 0 Å². The Morgan fingerprint density at radius 2 is 2.11 bits per heavy atom. The highest BCUT2D eigenvalue weighted by molar-refractivity contribution is 9.10. The van der Waals surface area contributed by atoms with Crippen molar-refractivity contribution in [2.24, 2.45) is 0 Å². The lowest BCUT2D eigenvalue weighted by molar-refractivity contribution is 0.625. The number of benzene rings is 1. The van der Waals surface area contributed by atoms with E-state index in [1.165, 1.54) is 6.07 Å². The van der Waals surface area contributed by atoms with Crippen LogP contribution in [0.2, 0.25) is 0 Å². The van der Waals surface area contributed by atoms with Crippen molar-refractivity contribution in [1.29, 1.82) is 0 Å². The Hall–Kier alpha value is -1.68. The molecule has 90 valence electrons. The lowest BCUT2D eigenvalue weighted by Crippen LogP contribution is -1.96. The molecular formula is C14H10BrFN2. The van der Waals surface area contributed by atoms with E-state index in [1.807, 2.05) is 35.0 Å². The van der Waals surface area contributed by atoms with Crippen LogP contribution < -0.4 is 0 Å². The van der Waals surface area contributed by atoms with Crippen molar-refractivity contribution >= 4 is 21.4 Å². The second-order valence-corrected chi connectivity index (χ2v) is 5.04. The first-order chi connectivity index (χ1) is 8.72. The number of hydrogen-bond donors (Lipinski definition) is 0. The third kappa shape index (κ3) is 2.16. The third-order valence-corrected chi connectivity index (χ3v) is 3.29. The molecule has 0 atom stereocenters. The zero-order valence-electron chi connectivity index (χ0n) is 9.48. The maximum Gasteiger partial charge on any atom is 0.123 e. The highest BCUT2D eigenvalue weighted by atomic mass is 79.9. The van der Waals surface area contributed by atoms with Gasteiger partial charge in [-0.15, -0.1) is 0 Å². The van der Waals surface area contributed by atoms with E-state index >= 15 is 0 Å². The lowest BCUT2D eigenvalue weighted by Gasteiger charge is -2.02. The molecule has 2 nitrogen and oxygen atoms in total. The maximum absolute atomic E-state index is 13.1. The molecule has 0 saturated carbocycles. The molecule has 0 saturated heterocycles. The Morgan fingerprint density at radius 1 is 1.22 bits per heavy atom. The van der Waals surface area contributed by atoms with Crippen molar-refractivity contribution in [3.63, 3.8) is 0 Å². The molecule has 0 aliphatic rings. The largest absolute Gasteiger partial charge is 0.302 e. The van der Waals surface area contributed by atoms with Crippen molar-refractivity contribution in [2.45, 2.75) is 6.42 Å². The van der Waals surface area contributed by atoms with Crippen molar-refractivity contribution in [2.75, 3.05) is 0 Å². The Labute approximate surface area is 112 Å². The fourth-order valence-corrected chi connectivity index (χ4v) is 2.32. The van der Waals surface area contributed by atoms with E-state index in [1.54, 1.807) is 12.1 Å². The predicted molar refractivity (Wildman–Crippen MR) is 72.1 cm³/mol. The van der Waals surface area contributed by atoms with Gasteiger partial charge < -0.3 is 4.40 Å². The molecule has 0 spiro atoms. The molecule has 3 aromatic rings. The summed E-state index contributed by atoms with van der Waals surface area (Å²) in [5, 5.41) is 0. The molecule has 0 radical (unpaired) electrons. The summed E-state index contributed by atoms with van der Waals surface area (Å²) < 4.78 is 16.1. The van der Waals surface area contributed by atoms with Gasteiger partial charge in [-0.05, 0) is 45.8 Å². The summed E-state index contributed by atoms with van der Waals surface area (Å²) in [6.45, 7) is 0. The van der Waals surface area contributed by atoms with Gasteiger partial charge >= 0.3 is 0 Å². The average Bonchev–Trinajstić information content (AvgIpc) is 2.72. The second kappa shape index (κ2) is 4.53. The van der Waals surface area contributed by atoms with Gasteiger partial charge in [0.15, 0.2) is 0 Å². The van der Waals surface area contributed by atoms with Crippen LogP contribution in [0.1, 0.15) is 11.4 Å². The van der Waals surface area contributed by atoms with Gasteiger partial charge in [0.05, 0.1) is 11.7 Å². The molecule has 0 aliphatic heterocycles. The smallest absolute Gasteiger partial charge is 0.123 e. The number of aromatic nitrogens is 2. The number of rotatable bonds is 2. The Kier molecular flexibility index (Phi) is 2.88. The third-order valence-electron chi connectivity index (χ3n) is 2.82. The highest BCUT2D eigenvalue weighted by Gasteiger charge is 2.05. The minimum Gasteiger partial charge on any atom is -0.302 e. The summed E-state index contributed by atoms with van der Waals surface area (Å²) in [5.74, 6) is 0.687. The zero-order chi connectivity index (χ0) is 12.5. The molecule has 0 aliphatic carbocycles. The minimum atomic E-state index is -0.213. The van der Waals surface area contributed by atoms with Crippen LogP contribution in [0.4, 0.5) is 4.39 Å². The first-order valence-corrected chi connectivity index (χ1v) is 6.37. The van der Waals surface area contributed by atoms with Crippen LogP contribution in [0.15, 0.2) is 53.3 Å². The second-order valence-electron chi connectivity index (χ2n) is 4.12.